The number of benzene rings is 1. The van der Waals surface area contributed by atoms with Crippen LogP contribution in [-0.2, 0) is 27.8 Å². The number of fused-ring (bicyclic) bond motifs is 1. The van der Waals surface area contributed by atoms with E-state index < -0.39 is 5.41 Å². The molecule has 1 amide bonds. The van der Waals surface area contributed by atoms with Gasteiger partial charge in [0.25, 0.3) is 5.91 Å². The molecule has 1 fully saturated rings. The quantitative estimate of drug-likeness (QED) is 0.659. The average molecular weight is 400 g/mol. The summed E-state index contributed by atoms with van der Waals surface area (Å²) in [4.78, 5) is 22.5. The molecule has 3 aromatic rings. The standard InChI is InChI=1S/C24H24N4O2/c29-23-24(17-19-5-9-25-10-6-19,18-20-7-11-26-12-8-20)21-3-1-2-4-22(21)28(23)27-13-15-30-16-14-27/h1-12H,13-18H2. The number of para-hydroxylation sites is 1. The number of carbonyl (C=O) groups is 1. The predicted molar refractivity (Wildman–Crippen MR) is 114 cm³/mol. The van der Waals surface area contributed by atoms with Crippen LogP contribution in [-0.4, -0.2) is 47.2 Å². The van der Waals surface area contributed by atoms with Crippen molar-refractivity contribution in [2.45, 2.75) is 18.3 Å². The molecular formula is C24H24N4O2. The number of carbonyl (C=O) groups excluding carboxylic acids is 1. The molecule has 2 aliphatic rings. The molecule has 6 nitrogen and oxygen atoms in total. The minimum Gasteiger partial charge on any atom is -0.379 e. The van der Waals surface area contributed by atoms with Gasteiger partial charge in [-0.25, -0.2) is 10.0 Å². The second kappa shape index (κ2) is 7.97. The molecule has 1 saturated heterocycles. The van der Waals surface area contributed by atoms with E-state index in [0.29, 0.717) is 39.1 Å². The number of amides is 1. The van der Waals surface area contributed by atoms with E-state index in [9.17, 15) is 4.79 Å². The van der Waals surface area contributed by atoms with Crippen LogP contribution in [0.15, 0.2) is 73.3 Å². The molecular weight excluding hydrogens is 376 g/mol. The molecule has 0 spiro atoms. The van der Waals surface area contributed by atoms with Gasteiger partial charge in [0, 0.05) is 37.9 Å². The number of aromatic nitrogens is 2. The van der Waals surface area contributed by atoms with Crippen LogP contribution < -0.4 is 5.01 Å². The van der Waals surface area contributed by atoms with Gasteiger partial charge in [0.2, 0.25) is 0 Å². The van der Waals surface area contributed by atoms with E-state index >= 15 is 0 Å². The summed E-state index contributed by atoms with van der Waals surface area (Å²) in [5.74, 6) is 0.124. The monoisotopic (exact) mass is 400 g/mol. The van der Waals surface area contributed by atoms with Crippen LogP contribution in [0.25, 0.3) is 0 Å². The Morgan fingerprint density at radius 1 is 0.833 bits per heavy atom. The minimum absolute atomic E-state index is 0.124. The number of morpholine rings is 1. The first-order chi connectivity index (χ1) is 14.8. The Hall–Kier alpha value is -3.09. The molecule has 5 rings (SSSR count). The fourth-order valence-electron chi connectivity index (χ4n) is 4.63. The third-order valence-corrected chi connectivity index (χ3v) is 6.03. The van der Waals surface area contributed by atoms with Crippen LogP contribution in [0.3, 0.4) is 0 Å². The number of hydrazine groups is 1. The minimum atomic E-state index is -0.683. The van der Waals surface area contributed by atoms with Gasteiger partial charge < -0.3 is 4.74 Å². The van der Waals surface area contributed by atoms with Gasteiger partial charge in [0.1, 0.15) is 0 Å². The summed E-state index contributed by atoms with van der Waals surface area (Å²) >= 11 is 0. The largest absolute Gasteiger partial charge is 0.379 e. The first-order valence-corrected chi connectivity index (χ1v) is 10.3. The zero-order chi connectivity index (χ0) is 20.4. The summed E-state index contributed by atoms with van der Waals surface area (Å²) in [6.45, 7) is 2.68. The summed E-state index contributed by atoms with van der Waals surface area (Å²) in [5, 5.41) is 4.03. The molecule has 6 heteroatoms. The van der Waals surface area contributed by atoms with Crippen molar-refractivity contribution >= 4 is 11.6 Å². The Morgan fingerprint density at radius 2 is 1.40 bits per heavy atom. The van der Waals surface area contributed by atoms with Crippen molar-refractivity contribution < 1.29 is 9.53 Å². The molecule has 0 aliphatic carbocycles. The summed E-state index contributed by atoms with van der Waals surface area (Å²) in [6.07, 6.45) is 8.41. The van der Waals surface area contributed by atoms with E-state index in [0.717, 1.165) is 22.4 Å². The molecule has 0 radical (unpaired) electrons. The zero-order valence-electron chi connectivity index (χ0n) is 16.8. The molecule has 0 atom stereocenters. The van der Waals surface area contributed by atoms with Crippen LogP contribution in [0.4, 0.5) is 5.69 Å². The third kappa shape index (κ3) is 3.28. The molecule has 2 aliphatic heterocycles. The molecule has 1 aromatic carbocycles. The predicted octanol–water partition coefficient (Wildman–Crippen LogP) is 2.79. The van der Waals surface area contributed by atoms with Gasteiger partial charge >= 0.3 is 0 Å². The molecule has 30 heavy (non-hydrogen) atoms. The van der Waals surface area contributed by atoms with Crippen LogP contribution in [0.2, 0.25) is 0 Å². The topological polar surface area (TPSA) is 58.6 Å². The summed E-state index contributed by atoms with van der Waals surface area (Å²) in [7, 11) is 0. The summed E-state index contributed by atoms with van der Waals surface area (Å²) < 4.78 is 5.53. The van der Waals surface area contributed by atoms with Crippen molar-refractivity contribution in [1.29, 1.82) is 0 Å². The van der Waals surface area contributed by atoms with E-state index in [2.05, 4.69) is 27.1 Å². The number of anilines is 1. The number of pyridine rings is 2. The number of rotatable bonds is 5. The summed E-state index contributed by atoms with van der Waals surface area (Å²) in [5.41, 5.74) is 3.58. The number of hydrogen-bond donors (Lipinski definition) is 0. The van der Waals surface area contributed by atoms with E-state index in [1.165, 1.54) is 0 Å². The maximum Gasteiger partial charge on any atom is 0.252 e. The van der Waals surface area contributed by atoms with E-state index in [1.54, 1.807) is 24.8 Å². The Morgan fingerprint density at radius 3 is 2.00 bits per heavy atom. The van der Waals surface area contributed by atoms with Crippen LogP contribution in [0, 0.1) is 0 Å². The lowest BCUT2D eigenvalue weighted by molar-refractivity contribution is -0.127. The van der Waals surface area contributed by atoms with Crippen molar-refractivity contribution in [3.05, 3.63) is 90.0 Å². The molecule has 0 saturated carbocycles. The van der Waals surface area contributed by atoms with Crippen LogP contribution >= 0.6 is 0 Å². The normalized spacial score (nSPS) is 18.4. The highest BCUT2D eigenvalue weighted by atomic mass is 16.5. The molecule has 0 bridgehead atoms. The van der Waals surface area contributed by atoms with E-state index in [1.807, 2.05) is 41.4 Å². The van der Waals surface area contributed by atoms with Gasteiger partial charge in [-0.3, -0.25) is 14.8 Å². The summed E-state index contributed by atoms with van der Waals surface area (Å²) in [6, 6.07) is 16.2. The van der Waals surface area contributed by atoms with Crippen molar-refractivity contribution in [3.8, 4) is 0 Å². The Balaban J connectivity index is 1.63. The van der Waals surface area contributed by atoms with Gasteiger partial charge in [-0.15, -0.1) is 0 Å². The van der Waals surface area contributed by atoms with Crippen molar-refractivity contribution in [3.63, 3.8) is 0 Å². The SMILES string of the molecule is O=C1N(N2CCOCC2)c2ccccc2C1(Cc1ccncc1)Cc1ccncc1. The highest BCUT2D eigenvalue weighted by molar-refractivity contribution is 6.08. The highest BCUT2D eigenvalue weighted by Crippen LogP contribution is 2.46. The van der Waals surface area contributed by atoms with E-state index in [-0.39, 0.29) is 5.91 Å². The smallest absolute Gasteiger partial charge is 0.252 e. The first kappa shape index (κ1) is 18.9. The Bertz CT molecular complexity index is 978. The zero-order valence-corrected chi connectivity index (χ0v) is 16.8. The highest BCUT2D eigenvalue weighted by Gasteiger charge is 2.52. The Labute approximate surface area is 176 Å². The lowest BCUT2D eigenvalue weighted by atomic mass is 9.72. The maximum atomic E-state index is 14.2. The number of hydrogen-bond acceptors (Lipinski definition) is 5. The van der Waals surface area contributed by atoms with Crippen LogP contribution in [0.1, 0.15) is 16.7 Å². The van der Waals surface area contributed by atoms with E-state index in [4.69, 9.17) is 4.74 Å². The fourth-order valence-corrected chi connectivity index (χ4v) is 4.63. The van der Waals surface area contributed by atoms with Gasteiger partial charge in [-0.1, -0.05) is 18.2 Å². The second-order valence-corrected chi connectivity index (χ2v) is 7.85. The second-order valence-electron chi connectivity index (χ2n) is 7.85. The van der Waals surface area contributed by atoms with Gasteiger partial charge in [-0.05, 0) is 59.9 Å². The van der Waals surface area contributed by atoms with Crippen molar-refractivity contribution in [2.75, 3.05) is 31.3 Å². The third-order valence-electron chi connectivity index (χ3n) is 6.03. The molecule has 2 aromatic heterocycles. The fraction of sp³-hybridized carbons (Fsp3) is 0.292. The Kier molecular flexibility index (Phi) is 5.02. The van der Waals surface area contributed by atoms with Gasteiger partial charge in [-0.2, -0.15) is 0 Å². The van der Waals surface area contributed by atoms with Gasteiger partial charge in [0.05, 0.1) is 24.3 Å². The molecule has 0 N–H and O–H groups in total. The lowest BCUT2D eigenvalue weighted by Crippen LogP contribution is -2.54. The number of nitrogens with zero attached hydrogens (tertiary/aromatic N) is 4. The van der Waals surface area contributed by atoms with Crippen molar-refractivity contribution in [2.24, 2.45) is 0 Å². The van der Waals surface area contributed by atoms with Gasteiger partial charge in [0.15, 0.2) is 0 Å². The molecule has 4 heterocycles. The van der Waals surface area contributed by atoms with Crippen LogP contribution in [0.5, 0.6) is 0 Å². The maximum absolute atomic E-state index is 14.2. The van der Waals surface area contributed by atoms with Crippen molar-refractivity contribution in [1.82, 2.24) is 15.0 Å². The lowest BCUT2D eigenvalue weighted by Gasteiger charge is -2.36. The first-order valence-electron chi connectivity index (χ1n) is 10.3. The average Bonchev–Trinajstić information content (AvgIpc) is 3.04. The number of ether oxygens (including phenoxy) is 1. The molecule has 0 unspecified atom stereocenters. The molecule has 152 valence electrons.